The molecule has 128 valence electrons. The highest BCUT2D eigenvalue weighted by Gasteiger charge is 2.07. The molecule has 0 heterocycles. The Balaban J connectivity index is 1.75. The highest BCUT2D eigenvalue weighted by Crippen LogP contribution is 2.15. The van der Waals surface area contributed by atoms with E-state index in [0.29, 0.717) is 23.6 Å². The number of para-hydroxylation sites is 1. The Morgan fingerprint density at radius 3 is 2.38 bits per heavy atom. The number of nitrogens with one attached hydrogen (secondary N) is 1. The van der Waals surface area contributed by atoms with Crippen LogP contribution in [0.4, 0.5) is 0 Å². The molecule has 0 unspecified atom stereocenters. The summed E-state index contributed by atoms with van der Waals surface area (Å²) in [6, 6.07) is 14.2. The molecule has 5 nitrogen and oxygen atoms in total. The smallest absolute Gasteiger partial charge is 0.257 e. The second kappa shape index (κ2) is 7.97. The lowest BCUT2D eigenvalue weighted by Gasteiger charge is -2.09. The minimum atomic E-state index is -3.18. The fourth-order valence-corrected chi connectivity index (χ4v) is 2.79. The first-order valence-corrected chi connectivity index (χ1v) is 9.49. The van der Waals surface area contributed by atoms with Gasteiger partial charge < -0.3 is 10.1 Å². The lowest BCUT2D eigenvalue weighted by Crippen LogP contribution is -2.30. The minimum absolute atomic E-state index is 0.0299. The van der Waals surface area contributed by atoms with Gasteiger partial charge in [0.15, 0.2) is 16.4 Å². The van der Waals surface area contributed by atoms with Gasteiger partial charge in [-0.3, -0.25) is 4.79 Å². The zero-order chi connectivity index (χ0) is 17.6. The van der Waals surface area contributed by atoms with E-state index in [9.17, 15) is 13.2 Å². The fraction of sp³-hybridized carbons (Fsp3) is 0.278. The third kappa shape index (κ3) is 5.38. The predicted molar refractivity (Wildman–Crippen MR) is 92.9 cm³/mol. The Morgan fingerprint density at radius 2 is 1.75 bits per heavy atom. The summed E-state index contributed by atoms with van der Waals surface area (Å²) in [6.07, 6.45) is 1.80. The van der Waals surface area contributed by atoms with Crippen molar-refractivity contribution in [1.82, 2.24) is 5.32 Å². The molecule has 2 rings (SSSR count). The quantitative estimate of drug-likeness (QED) is 0.833. The molecular weight excluding hydrogens is 326 g/mol. The summed E-state index contributed by atoms with van der Waals surface area (Å²) < 4.78 is 28.3. The van der Waals surface area contributed by atoms with Crippen LogP contribution in [0.25, 0.3) is 0 Å². The third-order valence-corrected chi connectivity index (χ3v) is 4.67. The summed E-state index contributed by atoms with van der Waals surface area (Å²) in [5.74, 6) is 0.509. The van der Waals surface area contributed by atoms with E-state index in [1.165, 1.54) is 6.26 Å². The summed E-state index contributed by atoms with van der Waals surface area (Å²) in [7, 11) is -3.18. The molecule has 0 spiro atoms. The lowest BCUT2D eigenvalue weighted by molar-refractivity contribution is -0.123. The van der Waals surface area contributed by atoms with Crippen LogP contribution in [0.3, 0.4) is 0 Å². The van der Waals surface area contributed by atoms with Gasteiger partial charge in [-0.15, -0.1) is 0 Å². The van der Waals surface area contributed by atoms with Gasteiger partial charge in [-0.05, 0) is 42.7 Å². The first kappa shape index (κ1) is 18.0. The number of sulfone groups is 1. The van der Waals surface area contributed by atoms with Gasteiger partial charge in [-0.25, -0.2) is 8.42 Å². The van der Waals surface area contributed by atoms with Crippen LogP contribution in [0, 0.1) is 6.92 Å². The van der Waals surface area contributed by atoms with Gasteiger partial charge in [0.2, 0.25) is 0 Å². The van der Waals surface area contributed by atoms with E-state index in [0.717, 1.165) is 11.1 Å². The van der Waals surface area contributed by atoms with Crippen molar-refractivity contribution in [3.05, 3.63) is 59.7 Å². The Hall–Kier alpha value is -2.34. The molecule has 6 heteroatoms. The Labute approximate surface area is 142 Å². The van der Waals surface area contributed by atoms with E-state index in [1.807, 2.05) is 31.2 Å². The van der Waals surface area contributed by atoms with Gasteiger partial charge in [0.05, 0.1) is 4.90 Å². The molecule has 1 amide bonds. The summed E-state index contributed by atoms with van der Waals surface area (Å²) >= 11 is 0. The van der Waals surface area contributed by atoms with Gasteiger partial charge in [-0.1, -0.05) is 30.3 Å². The maximum atomic E-state index is 11.8. The first-order chi connectivity index (χ1) is 11.4. The Morgan fingerprint density at radius 1 is 1.08 bits per heavy atom. The predicted octanol–water partition coefficient (Wildman–Crippen LogP) is 2.14. The number of hydrogen-bond donors (Lipinski definition) is 1. The highest BCUT2D eigenvalue weighted by molar-refractivity contribution is 7.90. The van der Waals surface area contributed by atoms with E-state index < -0.39 is 9.84 Å². The second-order valence-corrected chi connectivity index (χ2v) is 7.59. The number of hydrogen-bond acceptors (Lipinski definition) is 4. The summed E-state index contributed by atoms with van der Waals surface area (Å²) in [5.41, 5.74) is 1.94. The van der Waals surface area contributed by atoms with Crippen molar-refractivity contribution < 1.29 is 17.9 Å². The van der Waals surface area contributed by atoms with Crippen LogP contribution in [0.2, 0.25) is 0 Å². The van der Waals surface area contributed by atoms with Crippen molar-refractivity contribution in [1.29, 1.82) is 0 Å². The molecule has 0 radical (unpaired) electrons. The molecule has 0 aliphatic carbocycles. The lowest BCUT2D eigenvalue weighted by atomic mass is 10.1. The van der Waals surface area contributed by atoms with E-state index in [4.69, 9.17) is 4.74 Å². The van der Waals surface area contributed by atoms with Gasteiger partial charge in [0.25, 0.3) is 5.91 Å². The largest absolute Gasteiger partial charge is 0.484 e. The van der Waals surface area contributed by atoms with Crippen molar-refractivity contribution in [2.45, 2.75) is 18.2 Å². The van der Waals surface area contributed by atoms with Gasteiger partial charge >= 0.3 is 0 Å². The summed E-state index contributed by atoms with van der Waals surface area (Å²) in [6.45, 7) is 2.36. The molecule has 0 bridgehead atoms. The van der Waals surface area contributed by atoms with Crippen LogP contribution < -0.4 is 10.1 Å². The van der Waals surface area contributed by atoms with E-state index in [1.54, 1.807) is 24.3 Å². The Kier molecular flexibility index (Phi) is 5.98. The van der Waals surface area contributed by atoms with Crippen molar-refractivity contribution in [3.63, 3.8) is 0 Å². The molecule has 0 atom stereocenters. The molecular formula is C18H21NO4S. The molecule has 1 N–H and O–H groups in total. The standard InChI is InChI=1S/C18H21NO4S/c1-14-5-3-4-6-17(14)23-13-18(20)19-12-11-15-7-9-16(10-8-15)24(2,21)22/h3-10H,11-13H2,1-2H3,(H,19,20). The normalized spacial score (nSPS) is 11.1. The zero-order valence-corrected chi connectivity index (χ0v) is 14.6. The number of rotatable bonds is 7. The second-order valence-electron chi connectivity index (χ2n) is 5.57. The molecule has 0 aromatic heterocycles. The minimum Gasteiger partial charge on any atom is -0.484 e. The number of carbonyl (C=O) groups excluding carboxylic acids is 1. The fourth-order valence-electron chi connectivity index (χ4n) is 2.16. The number of benzene rings is 2. The van der Waals surface area contributed by atoms with Crippen LogP contribution >= 0.6 is 0 Å². The third-order valence-electron chi connectivity index (χ3n) is 3.54. The van der Waals surface area contributed by atoms with Crippen molar-refractivity contribution in [2.24, 2.45) is 0 Å². The van der Waals surface area contributed by atoms with Crippen molar-refractivity contribution in [3.8, 4) is 5.75 Å². The molecule has 24 heavy (non-hydrogen) atoms. The van der Waals surface area contributed by atoms with Crippen LogP contribution in [0.5, 0.6) is 5.75 Å². The van der Waals surface area contributed by atoms with Crippen molar-refractivity contribution in [2.75, 3.05) is 19.4 Å². The van der Waals surface area contributed by atoms with Crippen LogP contribution in [-0.4, -0.2) is 33.7 Å². The SMILES string of the molecule is Cc1ccccc1OCC(=O)NCCc1ccc(S(C)(=O)=O)cc1. The maximum Gasteiger partial charge on any atom is 0.257 e. The number of amides is 1. The Bertz CT molecular complexity index is 798. The number of aryl methyl sites for hydroxylation is 1. The van der Waals surface area contributed by atoms with Gasteiger partial charge in [0.1, 0.15) is 5.75 Å². The molecule has 0 fully saturated rings. The number of ether oxygens (including phenoxy) is 1. The average Bonchev–Trinajstić information content (AvgIpc) is 2.54. The topological polar surface area (TPSA) is 72.5 Å². The van der Waals surface area contributed by atoms with Crippen LogP contribution in [0.15, 0.2) is 53.4 Å². The molecule has 2 aromatic carbocycles. The van der Waals surface area contributed by atoms with E-state index in [-0.39, 0.29) is 12.5 Å². The van der Waals surface area contributed by atoms with Gasteiger partial charge in [-0.2, -0.15) is 0 Å². The molecule has 0 aliphatic rings. The first-order valence-electron chi connectivity index (χ1n) is 7.60. The molecule has 0 saturated carbocycles. The average molecular weight is 347 g/mol. The highest BCUT2D eigenvalue weighted by atomic mass is 32.2. The van der Waals surface area contributed by atoms with E-state index >= 15 is 0 Å². The van der Waals surface area contributed by atoms with Crippen LogP contribution in [0.1, 0.15) is 11.1 Å². The van der Waals surface area contributed by atoms with Gasteiger partial charge in [0, 0.05) is 12.8 Å². The molecule has 0 aliphatic heterocycles. The van der Waals surface area contributed by atoms with Crippen LogP contribution in [-0.2, 0) is 21.1 Å². The van der Waals surface area contributed by atoms with Crippen molar-refractivity contribution >= 4 is 15.7 Å². The zero-order valence-electron chi connectivity index (χ0n) is 13.8. The van der Waals surface area contributed by atoms with E-state index in [2.05, 4.69) is 5.32 Å². The molecule has 2 aromatic rings. The summed E-state index contributed by atoms with van der Waals surface area (Å²) in [4.78, 5) is 12.1. The number of carbonyl (C=O) groups is 1. The maximum absolute atomic E-state index is 11.8. The summed E-state index contributed by atoms with van der Waals surface area (Å²) in [5, 5.41) is 2.78. The molecule has 0 saturated heterocycles. The monoisotopic (exact) mass is 347 g/mol.